The van der Waals surface area contributed by atoms with E-state index in [0.717, 1.165) is 47.0 Å². The number of rotatable bonds is 5. The molecule has 156 valence electrons. The molecule has 0 atom stereocenters. The molecule has 30 heavy (non-hydrogen) atoms. The molecule has 1 aliphatic carbocycles. The van der Waals surface area contributed by atoms with Crippen molar-refractivity contribution in [1.82, 2.24) is 9.55 Å². The molecular weight excluding hydrogens is 468 g/mol. The number of aromatic nitrogens is 2. The Bertz CT molecular complexity index is 1200. The molecule has 9 heteroatoms. The van der Waals surface area contributed by atoms with Gasteiger partial charge in [0.05, 0.1) is 22.8 Å². The van der Waals surface area contributed by atoms with Gasteiger partial charge in [-0.25, -0.2) is 4.98 Å². The van der Waals surface area contributed by atoms with Crippen molar-refractivity contribution < 1.29 is 9.59 Å². The summed E-state index contributed by atoms with van der Waals surface area (Å²) in [7, 11) is 0. The van der Waals surface area contributed by atoms with Gasteiger partial charge in [0.15, 0.2) is 0 Å². The number of aryl methyl sites for hydroxylation is 2. The van der Waals surface area contributed by atoms with Crippen molar-refractivity contribution in [1.29, 1.82) is 0 Å². The van der Waals surface area contributed by atoms with E-state index in [4.69, 9.17) is 5.73 Å². The van der Waals surface area contributed by atoms with Crippen molar-refractivity contribution in [2.45, 2.75) is 45.1 Å². The maximum absolute atomic E-state index is 12.7. The van der Waals surface area contributed by atoms with E-state index in [-0.39, 0.29) is 24.4 Å². The zero-order valence-corrected chi connectivity index (χ0v) is 18.6. The molecule has 0 aliphatic heterocycles. The Morgan fingerprint density at radius 3 is 2.83 bits per heavy atom. The number of nitrogens with zero attached hydrogens (tertiary/aromatic N) is 2. The second-order valence-corrected chi connectivity index (χ2v) is 9.36. The van der Waals surface area contributed by atoms with Gasteiger partial charge in [0.25, 0.3) is 11.5 Å². The van der Waals surface area contributed by atoms with Gasteiger partial charge in [-0.2, -0.15) is 0 Å². The first-order chi connectivity index (χ1) is 14.4. The van der Waals surface area contributed by atoms with Crippen LogP contribution in [0.4, 0.5) is 5.00 Å². The fourth-order valence-corrected chi connectivity index (χ4v) is 5.46. The van der Waals surface area contributed by atoms with Gasteiger partial charge in [-0.3, -0.25) is 19.0 Å². The van der Waals surface area contributed by atoms with Crippen LogP contribution in [0.25, 0.3) is 10.9 Å². The van der Waals surface area contributed by atoms with Crippen molar-refractivity contribution in [3.05, 3.63) is 55.4 Å². The van der Waals surface area contributed by atoms with E-state index in [1.54, 1.807) is 12.1 Å². The molecule has 7 nitrogen and oxygen atoms in total. The molecule has 2 amide bonds. The number of nitrogens with two attached hydrogens (primary N) is 1. The summed E-state index contributed by atoms with van der Waals surface area (Å²) in [6.07, 6.45) is 6.48. The van der Waals surface area contributed by atoms with E-state index in [1.807, 2.05) is 6.07 Å². The van der Waals surface area contributed by atoms with E-state index in [0.29, 0.717) is 21.5 Å². The van der Waals surface area contributed by atoms with Gasteiger partial charge in [0, 0.05) is 22.3 Å². The monoisotopic (exact) mass is 488 g/mol. The molecule has 0 radical (unpaired) electrons. The SMILES string of the molecule is NC(=O)c1c(NC(=O)CCn2cnc3ccc(Br)cc3c2=O)sc2c1CCCCC2. The Balaban J connectivity index is 1.51. The molecule has 0 saturated heterocycles. The highest BCUT2D eigenvalue weighted by molar-refractivity contribution is 9.10. The Labute approximate surface area is 185 Å². The molecule has 0 spiro atoms. The number of anilines is 1. The Morgan fingerprint density at radius 1 is 1.23 bits per heavy atom. The van der Waals surface area contributed by atoms with Gasteiger partial charge >= 0.3 is 0 Å². The average molecular weight is 489 g/mol. The molecule has 2 aromatic heterocycles. The van der Waals surface area contributed by atoms with Gasteiger partial charge in [-0.05, 0) is 49.4 Å². The lowest BCUT2D eigenvalue weighted by molar-refractivity contribution is -0.116. The number of hydrogen-bond donors (Lipinski definition) is 2. The van der Waals surface area contributed by atoms with Crippen molar-refractivity contribution in [3.63, 3.8) is 0 Å². The summed E-state index contributed by atoms with van der Waals surface area (Å²) >= 11 is 4.80. The second kappa shape index (κ2) is 8.69. The number of carbonyl (C=O) groups excluding carboxylic acids is 2. The topological polar surface area (TPSA) is 107 Å². The van der Waals surface area contributed by atoms with Gasteiger partial charge in [-0.15, -0.1) is 11.3 Å². The first kappa shape index (κ1) is 20.7. The normalized spacial score (nSPS) is 13.6. The van der Waals surface area contributed by atoms with Crippen LogP contribution >= 0.6 is 27.3 Å². The fraction of sp³-hybridized carbons (Fsp3) is 0.333. The number of nitrogens with one attached hydrogen (secondary N) is 1. The van der Waals surface area contributed by atoms with Crippen molar-refractivity contribution in [3.8, 4) is 0 Å². The van der Waals surface area contributed by atoms with Crippen LogP contribution in [-0.2, 0) is 24.2 Å². The summed E-state index contributed by atoms with van der Waals surface area (Å²) in [4.78, 5) is 42.7. The smallest absolute Gasteiger partial charge is 0.261 e. The third kappa shape index (κ3) is 4.17. The van der Waals surface area contributed by atoms with E-state index < -0.39 is 5.91 Å². The van der Waals surface area contributed by atoms with Gasteiger partial charge in [0.1, 0.15) is 5.00 Å². The quantitative estimate of drug-likeness (QED) is 0.534. The predicted molar refractivity (Wildman–Crippen MR) is 121 cm³/mol. The van der Waals surface area contributed by atoms with Crippen LogP contribution in [0.3, 0.4) is 0 Å². The van der Waals surface area contributed by atoms with E-state index in [9.17, 15) is 14.4 Å². The maximum Gasteiger partial charge on any atom is 0.261 e. The minimum Gasteiger partial charge on any atom is -0.365 e. The summed E-state index contributed by atoms with van der Waals surface area (Å²) in [6.45, 7) is 0.192. The van der Waals surface area contributed by atoms with E-state index >= 15 is 0 Å². The van der Waals surface area contributed by atoms with Crippen molar-refractivity contribution in [2.75, 3.05) is 5.32 Å². The van der Waals surface area contributed by atoms with Crippen LogP contribution in [0.5, 0.6) is 0 Å². The number of fused-ring (bicyclic) bond motifs is 2. The molecule has 0 fully saturated rings. The molecule has 3 aromatic rings. The van der Waals surface area contributed by atoms with Crippen LogP contribution in [0.15, 0.2) is 33.8 Å². The number of thiophene rings is 1. The molecule has 1 aliphatic rings. The van der Waals surface area contributed by atoms with E-state index in [2.05, 4.69) is 26.2 Å². The number of primary amides is 1. The number of benzene rings is 1. The zero-order valence-electron chi connectivity index (χ0n) is 16.2. The number of halogens is 1. The molecule has 1 aromatic carbocycles. The highest BCUT2D eigenvalue weighted by Crippen LogP contribution is 2.37. The van der Waals surface area contributed by atoms with Crippen LogP contribution in [0, 0.1) is 0 Å². The Morgan fingerprint density at radius 2 is 2.03 bits per heavy atom. The average Bonchev–Trinajstić information content (AvgIpc) is 2.88. The Kier molecular flexibility index (Phi) is 6.01. The summed E-state index contributed by atoms with van der Waals surface area (Å²) in [5.74, 6) is -0.777. The standard InChI is InChI=1S/C21H21BrN4O3S/c22-12-6-7-15-14(10-12)21(29)26(11-24-15)9-8-17(27)25-20-18(19(23)28)13-4-2-1-3-5-16(13)30-20/h6-7,10-11H,1-5,8-9H2,(H2,23,28)(H,25,27). The predicted octanol–water partition coefficient (Wildman–Crippen LogP) is 3.62. The third-order valence-corrected chi connectivity index (χ3v) is 6.99. The number of amides is 2. The summed E-state index contributed by atoms with van der Waals surface area (Å²) in [5.41, 5.74) is 7.46. The van der Waals surface area contributed by atoms with E-state index in [1.165, 1.54) is 22.2 Å². The number of carbonyl (C=O) groups is 2. The van der Waals surface area contributed by atoms with Crippen molar-refractivity contribution >= 4 is 55.0 Å². The lowest BCUT2D eigenvalue weighted by atomic mass is 10.1. The zero-order chi connectivity index (χ0) is 21.3. The van der Waals surface area contributed by atoms with Gasteiger partial charge in [0.2, 0.25) is 5.91 Å². The van der Waals surface area contributed by atoms with Gasteiger partial charge in [-0.1, -0.05) is 22.4 Å². The fourth-order valence-electron chi connectivity index (χ4n) is 3.79. The van der Waals surface area contributed by atoms with Crippen LogP contribution in [0.1, 0.15) is 46.5 Å². The molecule has 3 N–H and O–H groups in total. The molecule has 2 heterocycles. The minimum atomic E-state index is -0.509. The molecule has 0 unspecified atom stereocenters. The summed E-state index contributed by atoms with van der Waals surface area (Å²) < 4.78 is 2.22. The molecule has 0 saturated carbocycles. The second-order valence-electron chi connectivity index (χ2n) is 7.34. The van der Waals surface area contributed by atoms with Gasteiger partial charge < -0.3 is 11.1 Å². The third-order valence-electron chi connectivity index (χ3n) is 5.29. The van der Waals surface area contributed by atoms with Crippen LogP contribution in [0.2, 0.25) is 0 Å². The Hall–Kier alpha value is -2.52. The lowest BCUT2D eigenvalue weighted by Crippen LogP contribution is -2.24. The molecule has 0 bridgehead atoms. The molecular formula is C21H21BrN4O3S. The summed E-state index contributed by atoms with van der Waals surface area (Å²) in [5, 5.41) is 3.85. The lowest BCUT2D eigenvalue weighted by Gasteiger charge is -2.08. The minimum absolute atomic E-state index is 0.0852. The molecule has 4 rings (SSSR count). The highest BCUT2D eigenvalue weighted by Gasteiger charge is 2.24. The van der Waals surface area contributed by atoms with Crippen LogP contribution in [-0.4, -0.2) is 21.4 Å². The first-order valence-corrected chi connectivity index (χ1v) is 11.4. The van der Waals surface area contributed by atoms with Crippen molar-refractivity contribution in [2.24, 2.45) is 5.73 Å². The number of hydrogen-bond acceptors (Lipinski definition) is 5. The highest BCUT2D eigenvalue weighted by atomic mass is 79.9. The largest absolute Gasteiger partial charge is 0.365 e. The van der Waals surface area contributed by atoms with Crippen LogP contribution < -0.4 is 16.6 Å². The first-order valence-electron chi connectivity index (χ1n) is 9.83. The summed E-state index contributed by atoms with van der Waals surface area (Å²) in [6, 6.07) is 5.31. The maximum atomic E-state index is 12.7.